The largest absolute Gasteiger partial charge is 0.252 e. The van der Waals surface area contributed by atoms with Gasteiger partial charge in [0.15, 0.2) is 5.82 Å². The van der Waals surface area contributed by atoms with Crippen molar-refractivity contribution in [1.82, 2.24) is 19.6 Å². The summed E-state index contributed by atoms with van der Waals surface area (Å²) in [5.74, 6) is 2.09. The molecule has 4 rings (SSSR count). The summed E-state index contributed by atoms with van der Waals surface area (Å²) in [5.41, 5.74) is 3.52. The molecule has 21 heavy (non-hydrogen) atoms. The molecule has 2 aromatic heterocycles. The number of hydrogen-bond donors (Lipinski definition) is 0. The van der Waals surface area contributed by atoms with Gasteiger partial charge in [-0.25, -0.2) is 9.50 Å². The van der Waals surface area contributed by atoms with Gasteiger partial charge in [-0.15, -0.1) is 5.10 Å². The fourth-order valence-corrected chi connectivity index (χ4v) is 3.06. The van der Waals surface area contributed by atoms with Crippen LogP contribution < -0.4 is 0 Å². The lowest BCUT2D eigenvalue weighted by Crippen LogP contribution is -2.16. The van der Waals surface area contributed by atoms with Crippen molar-refractivity contribution in [1.29, 1.82) is 0 Å². The third-order valence-corrected chi connectivity index (χ3v) is 4.35. The van der Waals surface area contributed by atoms with Crippen LogP contribution in [0.4, 0.5) is 0 Å². The summed E-state index contributed by atoms with van der Waals surface area (Å²) in [7, 11) is 0. The maximum Gasteiger partial charge on any atom is 0.252 e. The second-order valence-corrected chi connectivity index (χ2v) is 6.17. The molecule has 3 aromatic rings. The van der Waals surface area contributed by atoms with Gasteiger partial charge in [0.25, 0.3) is 5.78 Å². The topological polar surface area (TPSA) is 43.1 Å². The molecule has 2 heterocycles. The van der Waals surface area contributed by atoms with Crippen molar-refractivity contribution in [3.8, 4) is 11.4 Å². The van der Waals surface area contributed by atoms with Gasteiger partial charge in [-0.2, -0.15) is 4.98 Å². The Balaban J connectivity index is 1.85. The minimum Gasteiger partial charge on any atom is -0.219 e. The van der Waals surface area contributed by atoms with Crippen LogP contribution >= 0.6 is 11.6 Å². The molecule has 0 radical (unpaired) electrons. The van der Waals surface area contributed by atoms with Crippen molar-refractivity contribution in [2.45, 2.75) is 26.2 Å². The molecule has 1 aromatic carbocycles. The first-order valence-corrected chi connectivity index (χ1v) is 7.58. The zero-order valence-electron chi connectivity index (χ0n) is 11.8. The van der Waals surface area contributed by atoms with Gasteiger partial charge in [0.2, 0.25) is 0 Å². The predicted octanol–water partition coefficient (Wildman–Crippen LogP) is 3.57. The Hall–Kier alpha value is -1.94. The van der Waals surface area contributed by atoms with Gasteiger partial charge < -0.3 is 0 Å². The fourth-order valence-electron chi connectivity index (χ4n) is 2.93. The third-order valence-electron chi connectivity index (χ3n) is 4.10. The first-order valence-electron chi connectivity index (χ1n) is 7.20. The van der Waals surface area contributed by atoms with Gasteiger partial charge in [0.05, 0.1) is 5.69 Å². The number of aryl methyl sites for hydroxylation is 1. The first kappa shape index (κ1) is 12.8. The number of aromatic nitrogens is 4. The molecule has 1 unspecified atom stereocenters. The Morgan fingerprint density at radius 3 is 2.86 bits per heavy atom. The second-order valence-electron chi connectivity index (χ2n) is 5.73. The smallest absolute Gasteiger partial charge is 0.219 e. The van der Waals surface area contributed by atoms with E-state index in [1.165, 1.54) is 17.7 Å². The maximum atomic E-state index is 5.93. The minimum atomic E-state index is 0.674. The number of nitrogens with zero attached hydrogens (tertiary/aromatic N) is 4. The van der Waals surface area contributed by atoms with E-state index >= 15 is 0 Å². The molecule has 0 amide bonds. The van der Waals surface area contributed by atoms with E-state index in [1.807, 2.05) is 35.0 Å². The Bertz CT molecular complexity index is 807. The van der Waals surface area contributed by atoms with Crippen molar-refractivity contribution in [2.75, 3.05) is 0 Å². The van der Waals surface area contributed by atoms with Crippen molar-refractivity contribution in [2.24, 2.45) is 5.92 Å². The molecule has 1 atom stereocenters. The Kier molecular flexibility index (Phi) is 2.93. The monoisotopic (exact) mass is 298 g/mol. The molecule has 0 bridgehead atoms. The highest BCUT2D eigenvalue weighted by molar-refractivity contribution is 6.30. The summed E-state index contributed by atoms with van der Waals surface area (Å²) in [6.45, 7) is 2.29. The standard InChI is InChI=1S/C16H15ClN4/c1-10-2-7-14-12(8-10)9-18-16-19-15(20-21(14)16)11-3-5-13(17)6-4-11/h3-6,9-10H,2,7-8H2,1H3. The van der Waals surface area contributed by atoms with E-state index in [-0.39, 0.29) is 0 Å². The Labute approximate surface area is 127 Å². The quantitative estimate of drug-likeness (QED) is 0.690. The normalized spacial score (nSPS) is 17.9. The van der Waals surface area contributed by atoms with Crippen LogP contribution in [0.2, 0.25) is 5.02 Å². The molecule has 1 aliphatic carbocycles. The molecule has 0 saturated carbocycles. The minimum absolute atomic E-state index is 0.674. The average molecular weight is 299 g/mol. The highest BCUT2D eigenvalue weighted by Gasteiger charge is 2.20. The summed E-state index contributed by atoms with van der Waals surface area (Å²) in [4.78, 5) is 8.99. The van der Waals surface area contributed by atoms with Crippen molar-refractivity contribution in [3.63, 3.8) is 0 Å². The summed E-state index contributed by atoms with van der Waals surface area (Å²) in [5, 5.41) is 5.37. The Morgan fingerprint density at radius 1 is 1.24 bits per heavy atom. The number of benzene rings is 1. The van der Waals surface area contributed by atoms with E-state index < -0.39 is 0 Å². The highest BCUT2D eigenvalue weighted by atomic mass is 35.5. The molecule has 0 aliphatic heterocycles. The molecule has 1 aliphatic rings. The molecule has 106 valence electrons. The lowest BCUT2D eigenvalue weighted by Gasteiger charge is -2.20. The maximum absolute atomic E-state index is 5.93. The zero-order chi connectivity index (χ0) is 14.4. The number of hydrogen-bond acceptors (Lipinski definition) is 3. The number of halogens is 1. The zero-order valence-corrected chi connectivity index (χ0v) is 12.5. The van der Waals surface area contributed by atoms with Gasteiger partial charge in [-0.05, 0) is 55.0 Å². The third kappa shape index (κ3) is 2.20. The molecular weight excluding hydrogens is 284 g/mol. The SMILES string of the molecule is CC1CCc2c(cnc3nc(-c4ccc(Cl)cc4)nn23)C1. The summed E-state index contributed by atoms with van der Waals surface area (Å²) >= 11 is 5.93. The van der Waals surface area contributed by atoms with E-state index in [4.69, 9.17) is 11.6 Å². The van der Waals surface area contributed by atoms with Crippen molar-refractivity contribution < 1.29 is 0 Å². The molecule has 5 heteroatoms. The van der Waals surface area contributed by atoms with Gasteiger partial charge >= 0.3 is 0 Å². The summed E-state index contributed by atoms with van der Waals surface area (Å²) < 4.78 is 1.91. The first-order chi connectivity index (χ1) is 10.2. The molecule has 4 nitrogen and oxygen atoms in total. The van der Waals surface area contributed by atoms with Crippen LogP contribution in [0.1, 0.15) is 24.6 Å². The fraction of sp³-hybridized carbons (Fsp3) is 0.312. The van der Waals surface area contributed by atoms with Crippen molar-refractivity contribution in [3.05, 3.63) is 46.7 Å². The molecule has 0 N–H and O–H groups in total. The summed E-state index contributed by atoms with van der Waals surface area (Å²) in [6.07, 6.45) is 5.27. The van der Waals surface area contributed by atoms with Crippen LogP contribution in [-0.2, 0) is 12.8 Å². The molecule has 0 saturated heterocycles. The van der Waals surface area contributed by atoms with E-state index in [0.717, 1.165) is 24.3 Å². The number of rotatable bonds is 1. The lowest BCUT2D eigenvalue weighted by atomic mass is 9.89. The van der Waals surface area contributed by atoms with Gasteiger partial charge in [0, 0.05) is 16.8 Å². The van der Waals surface area contributed by atoms with Crippen LogP contribution in [0.5, 0.6) is 0 Å². The highest BCUT2D eigenvalue weighted by Crippen LogP contribution is 2.26. The van der Waals surface area contributed by atoms with Crippen LogP contribution in [0, 0.1) is 5.92 Å². The van der Waals surface area contributed by atoms with E-state index in [1.54, 1.807) is 0 Å². The second kappa shape index (κ2) is 4.81. The average Bonchev–Trinajstić information content (AvgIpc) is 2.92. The van der Waals surface area contributed by atoms with Crippen LogP contribution in [0.25, 0.3) is 17.2 Å². The molecule has 0 fully saturated rings. The molecular formula is C16H15ClN4. The Morgan fingerprint density at radius 2 is 2.05 bits per heavy atom. The van der Waals surface area contributed by atoms with E-state index in [2.05, 4.69) is 22.0 Å². The van der Waals surface area contributed by atoms with Gasteiger partial charge in [0.1, 0.15) is 0 Å². The van der Waals surface area contributed by atoms with Gasteiger partial charge in [-0.1, -0.05) is 18.5 Å². The predicted molar refractivity (Wildman–Crippen MR) is 82.4 cm³/mol. The lowest BCUT2D eigenvalue weighted by molar-refractivity contribution is 0.485. The molecule has 0 spiro atoms. The number of fused-ring (bicyclic) bond motifs is 3. The van der Waals surface area contributed by atoms with Crippen molar-refractivity contribution >= 4 is 17.4 Å². The van der Waals surface area contributed by atoms with Crippen LogP contribution in [-0.4, -0.2) is 19.6 Å². The summed E-state index contributed by atoms with van der Waals surface area (Å²) in [6, 6.07) is 7.58. The van der Waals surface area contributed by atoms with Crippen LogP contribution in [0.15, 0.2) is 30.5 Å². The van der Waals surface area contributed by atoms with E-state index in [0.29, 0.717) is 16.6 Å². The van der Waals surface area contributed by atoms with E-state index in [9.17, 15) is 0 Å². The van der Waals surface area contributed by atoms with Crippen LogP contribution in [0.3, 0.4) is 0 Å². The van der Waals surface area contributed by atoms with Gasteiger partial charge in [-0.3, -0.25) is 0 Å².